The van der Waals surface area contributed by atoms with Gasteiger partial charge in [0.2, 0.25) is 11.9 Å². The van der Waals surface area contributed by atoms with Crippen molar-refractivity contribution in [3.05, 3.63) is 17.5 Å². The smallest absolute Gasteiger partial charge is 0.237 e. The van der Waals surface area contributed by atoms with Crippen LogP contribution in [0, 0.1) is 24.2 Å². The van der Waals surface area contributed by atoms with Crippen LogP contribution in [0.4, 0.5) is 5.95 Å². The molecule has 1 aromatic heterocycles. The summed E-state index contributed by atoms with van der Waals surface area (Å²) in [6.45, 7) is 6.48. The van der Waals surface area contributed by atoms with E-state index in [1.54, 1.807) is 17.9 Å². The molecule has 0 radical (unpaired) electrons. The van der Waals surface area contributed by atoms with Crippen molar-refractivity contribution in [3.8, 4) is 6.07 Å². The molecule has 0 aromatic carbocycles. The van der Waals surface area contributed by atoms with E-state index in [0.29, 0.717) is 24.1 Å². The zero-order valence-electron chi connectivity index (χ0n) is 10.8. The molecule has 0 saturated carbocycles. The number of rotatable bonds is 5. The summed E-state index contributed by atoms with van der Waals surface area (Å²) in [6, 6.07) is 3.57. The van der Waals surface area contributed by atoms with Gasteiger partial charge in [-0.15, -0.1) is 0 Å². The van der Waals surface area contributed by atoms with Gasteiger partial charge in [-0.05, 0) is 18.9 Å². The fraction of sp³-hybridized carbons (Fsp3) is 0.500. The lowest BCUT2D eigenvalue weighted by molar-refractivity contribution is -0.116. The third kappa shape index (κ3) is 4.01. The number of aryl methyl sites for hydroxylation is 1. The zero-order chi connectivity index (χ0) is 13.7. The number of hydrogen-bond acceptors (Lipinski definition) is 5. The number of anilines is 1. The summed E-state index contributed by atoms with van der Waals surface area (Å²) < 4.78 is 0. The second-order valence-corrected chi connectivity index (χ2v) is 4.55. The van der Waals surface area contributed by atoms with Gasteiger partial charge in [-0.1, -0.05) is 13.8 Å². The van der Waals surface area contributed by atoms with E-state index in [0.717, 1.165) is 0 Å². The Morgan fingerprint density at radius 1 is 1.56 bits per heavy atom. The number of hydrogen-bond donors (Lipinski definition) is 1. The maximum Gasteiger partial charge on any atom is 0.237 e. The monoisotopic (exact) mass is 247 g/mol. The fourth-order valence-electron chi connectivity index (χ4n) is 1.60. The van der Waals surface area contributed by atoms with E-state index < -0.39 is 5.91 Å². The SMILES string of the molecule is Cc1cc(C#N)nc(N(CC(N)=O)CC(C)C)n1. The van der Waals surface area contributed by atoms with Crippen LogP contribution in [0.5, 0.6) is 0 Å². The Morgan fingerprint density at radius 3 is 2.72 bits per heavy atom. The van der Waals surface area contributed by atoms with Gasteiger partial charge >= 0.3 is 0 Å². The van der Waals surface area contributed by atoms with E-state index in [-0.39, 0.29) is 12.2 Å². The molecule has 6 nitrogen and oxygen atoms in total. The van der Waals surface area contributed by atoms with Crippen LogP contribution in [0.1, 0.15) is 25.2 Å². The molecular weight excluding hydrogens is 230 g/mol. The maximum absolute atomic E-state index is 11.1. The lowest BCUT2D eigenvalue weighted by Gasteiger charge is -2.23. The summed E-state index contributed by atoms with van der Waals surface area (Å²) in [6.07, 6.45) is 0. The van der Waals surface area contributed by atoms with E-state index in [1.807, 2.05) is 19.9 Å². The highest BCUT2D eigenvalue weighted by Gasteiger charge is 2.15. The van der Waals surface area contributed by atoms with Crippen molar-refractivity contribution in [2.24, 2.45) is 11.7 Å². The standard InChI is InChI=1S/C12H17N5O/c1-8(2)6-17(7-11(14)18)12-15-9(3)4-10(5-13)16-12/h4,8H,6-7H2,1-3H3,(H2,14,18). The number of nitrogens with two attached hydrogens (primary N) is 1. The Morgan fingerprint density at radius 2 is 2.22 bits per heavy atom. The molecule has 1 aromatic rings. The second kappa shape index (κ2) is 5.96. The number of carbonyl (C=O) groups is 1. The van der Waals surface area contributed by atoms with Gasteiger partial charge in [0.1, 0.15) is 11.8 Å². The maximum atomic E-state index is 11.1. The zero-order valence-corrected chi connectivity index (χ0v) is 10.8. The Kier molecular flexibility index (Phi) is 4.60. The molecule has 18 heavy (non-hydrogen) atoms. The van der Waals surface area contributed by atoms with Crippen molar-refractivity contribution in [3.63, 3.8) is 0 Å². The van der Waals surface area contributed by atoms with Gasteiger partial charge in [0.15, 0.2) is 0 Å². The van der Waals surface area contributed by atoms with Crippen LogP contribution >= 0.6 is 0 Å². The van der Waals surface area contributed by atoms with Gasteiger partial charge in [-0.25, -0.2) is 9.97 Å². The minimum Gasteiger partial charge on any atom is -0.368 e. The van der Waals surface area contributed by atoms with Crippen molar-refractivity contribution in [2.45, 2.75) is 20.8 Å². The van der Waals surface area contributed by atoms with E-state index in [4.69, 9.17) is 11.0 Å². The number of nitriles is 1. The predicted molar refractivity (Wildman–Crippen MR) is 67.7 cm³/mol. The first-order valence-corrected chi connectivity index (χ1v) is 5.71. The van der Waals surface area contributed by atoms with Crippen LogP contribution < -0.4 is 10.6 Å². The first kappa shape index (κ1) is 13.9. The van der Waals surface area contributed by atoms with Gasteiger partial charge in [0.25, 0.3) is 0 Å². The van der Waals surface area contributed by atoms with Crippen molar-refractivity contribution in [1.29, 1.82) is 5.26 Å². The Hall–Kier alpha value is -2.16. The summed E-state index contributed by atoms with van der Waals surface area (Å²) in [5, 5.41) is 8.88. The van der Waals surface area contributed by atoms with Gasteiger partial charge < -0.3 is 10.6 Å². The van der Waals surface area contributed by atoms with Crippen molar-refractivity contribution in [1.82, 2.24) is 9.97 Å². The van der Waals surface area contributed by atoms with E-state index >= 15 is 0 Å². The average Bonchev–Trinajstić information content (AvgIpc) is 2.26. The predicted octanol–water partition coefficient (Wildman–Crippen LogP) is 0.604. The van der Waals surface area contributed by atoms with Gasteiger partial charge in [-0.2, -0.15) is 5.26 Å². The minimum atomic E-state index is -0.445. The number of amides is 1. The molecule has 0 atom stereocenters. The average molecular weight is 247 g/mol. The lowest BCUT2D eigenvalue weighted by Crippen LogP contribution is -2.37. The van der Waals surface area contributed by atoms with Gasteiger partial charge in [0, 0.05) is 12.2 Å². The van der Waals surface area contributed by atoms with Gasteiger partial charge in [-0.3, -0.25) is 4.79 Å². The van der Waals surface area contributed by atoms with Crippen LogP contribution in [0.3, 0.4) is 0 Å². The minimum absolute atomic E-state index is 0.0481. The first-order chi connectivity index (χ1) is 8.42. The number of primary amides is 1. The Bertz CT molecular complexity index is 478. The normalized spacial score (nSPS) is 10.2. The quantitative estimate of drug-likeness (QED) is 0.822. The molecule has 0 unspecified atom stereocenters. The molecule has 1 heterocycles. The Balaban J connectivity index is 3.07. The van der Waals surface area contributed by atoms with E-state index in [2.05, 4.69) is 9.97 Å². The highest BCUT2D eigenvalue weighted by Crippen LogP contribution is 2.11. The summed E-state index contributed by atoms with van der Waals surface area (Å²) in [4.78, 5) is 21.1. The molecule has 1 rings (SSSR count). The fourth-order valence-corrected chi connectivity index (χ4v) is 1.60. The molecule has 6 heteroatoms. The molecule has 0 spiro atoms. The molecule has 96 valence electrons. The van der Waals surface area contributed by atoms with E-state index in [1.165, 1.54) is 0 Å². The number of nitrogens with zero attached hydrogens (tertiary/aromatic N) is 4. The van der Waals surface area contributed by atoms with Gasteiger partial charge in [0.05, 0.1) is 6.54 Å². The number of aromatic nitrogens is 2. The summed E-state index contributed by atoms with van der Waals surface area (Å²) >= 11 is 0. The highest BCUT2D eigenvalue weighted by molar-refractivity contribution is 5.78. The number of carbonyl (C=O) groups excluding carboxylic acids is 1. The highest BCUT2D eigenvalue weighted by atomic mass is 16.1. The molecule has 2 N–H and O–H groups in total. The summed E-state index contributed by atoms with van der Waals surface area (Å²) in [5.41, 5.74) is 6.19. The summed E-state index contributed by atoms with van der Waals surface area (Å²) in [5.74, 6) is 0.261. The molecule has 1 amide bonds. The van der Waals surface area contributed by atoms with Crippen molar-refractivity contribution in [2.75, 3.05) is 18.0 Å². The van der Waals surface area contributed by atoms with Crippen molar-refractivity contribution >= 4 is 11.9 Å². The van der Waals surface area contributed by atoms with Crippen LogP contribution in [0.25, 0.3) is 0 Å². The Labute approximate surface area is 106 Å². The summed E-state index contributed by atoms with van der Waals surface area (Å²) in [7, 11) is 0. The molecule has 0 saturated heterocycles. The molecule has 0 aliphatic heterocycles. The molecule has 0 bridgehead atoms. The largest absolute Gasteiger partial charge is 0.368 e. The molecule has 0 aliphatic rings. The molecule has 0 fully saturated rings. The molecule has 0 aliphatic carbocycles. The third-order valence-electron chi connectivity index (χ3n) is 2.17. The molecular formula is C12H17N5O. The third-order valence-corrected chi connectivity index (χ3v) is 2.17. The van der Waals surface area contributed by atoms with Crippen LogP contribution in [0.15, 0.2) is 6.07 Å². The lowest BCUT2D eigenvalue weighted by atomic mass is 10.2. The topological polar surface area (TPSA) is 95.9 Å². The van der Waals surface area contributed by atoms with Crippen LogP contribution in [-0.4, -0.2) is 29.0 Å². The van der Waals surface area contributed by atoms with Crippen molar-refractivity contribution < 1.29 is 4.79 Å². The van der Waals surface area contributed by atoms with E-state index in [9.17, 15) is 4.79 Å². The van der Waals surface area contributed by atoms with Crippen LogP contribution in [0.2, 0.25) is 0 Å². The second-order valence-electron chi connectivity index (χ2n) is 4.55. The first-order valence-electron chi connectivity index (χ1n) is 5.71. The van der Waals surface area contributed by atoms with Crippen LogP contribution in [-0.2, 0) is 4.79 Å².